The number of carbonyl (C=O) groups is 2. The van der Waals surface area contributed by atoms with Crippen LogP contribution in [0.3, 0.4) is 0 Å². The van der Waals surface area contributed by atoms with Crippen molar-refractivity contribution < 1.29 is 9.59 Å². The number of hydrogen-bond donors (Lipinski definition) is 1. The Morgan fingerprint density at radius 1 is 1.05 bits per heavy atom. The fraction of sp³-hybridized carbons (Fsp3) is 0.444. The number of benzene rings is 1. The Morgan fingerprint density at radius 2 is 1.76 bits per heavy atom. The van der Waals surface area contributed by atoms with Crippen molar-refractivity contribution in [3.8, 4) is 0 Å². The summed E-state index contributed by atoms with van der Waals surface area (Å²) in [5, 5.41) is 2.84. The normalized spacial score (nSPS) is 13.5. The lowest BCUT2D eigenvalue weighted by atomic mass is 10.0. The van der Waals surface area contributed by atoms with Gasteiger partial charge < -0.3 is 5.32 Å². The highest BCUT2D eigenvalue weighted by Gasteiger charge is 2.29. The van der Waals surface area contributed by atoms with Crippen LogP contribution in [0, 0.1) is 0 Å². The average molecular weight is 285 g/mol. The zero-order valence-corrected chi connectivity index (χ0v) is 12.9. The summed E-state index contributed by atoms with van der Waals surface area (Å²) in [5.41, 5.74) is 3.22. The fourth-order valence-corrected chi connectivity index (χ4v) is 2.72. The van der Waals surface area contributed by atoms with Gasteiger partial charge in [0.2, 0.25) is 11.7 Å². The highest BCUT2D eigenvalue weighted by Crippen LogP contribution is 2.34. The number of allylic oxidation sites excluding steroid dienone is 2. The largest absolute Gasteiger partial charge is 0.323 e. The van der Waals surface area contributed by atoms with Crippen LogP contribution in [0.1, 0.15) is 68.3 Å². The van der Waals surface area contributed by atoms with E-state index in [2.05, 4.69) is 12.2 Å². The molecule has 1 aliphatic rings. The van der Waals surface area contributed by atoms with E-state index in [4.69, 9.17) is 0 Å². The van der Waals surface area contributed by atoms with Gasteiger partial charge in [-0.3, -0.25) is 9.59 Å². The van der Waals surface area contributed by atoms with E-state index in [9.17, 15) is 9.59 Å². The van der Waals surface area contributed by atoms with Gasteiger partial charge in [-0.2, -0.15) is 0 Å². The van der Waals surface area contributed by atoms with Gasteiger partial charge in [0.25, 0.3) is 0 Å². The summed E-state index contributed by atoms with van der Waals surface area (Å²) in [5.74, 6) is -0.108. The molecule has 0 atom stereocenters. The van der Waals surface area contributed by atoms with E-state index in [-0.39, 0.29) is 11.7 Å². The first-order chi connectivity index (χ1) is 10.2. The molecule has 0 unspecified atom stereocenters. The minimum atomic E-state index is -0.0679. The van der Waals surface area contributed by atoms with Crippen molar-refractivity contribution in [2.45, 2.75) is 52.4 Å². The Labute approximate surface area is 126 Å². The molecule has 1 N–H and O–H groups in total. The van der Waals surface area contributed by atoms with Gasteiger partial charge >= 0.3 is 0 Å². The summed E-state index contributed by atoms with van der Waals surface area (Å²) in [6, 6.07) is 7.64. The number of nitrogens with one attached hydrogen (secondary N) is 1. The summed E-state index contributed by atoms with van der Waals surface area (Å²) in [4.78, 5) is 24.4. The van der Waals surface area contributed by atoms with Crippen LogP contribution >= 0.6 is 0 Å². The van der Waals surface area contributed by atoms with Crippen molar-refractivity contribution in [1.82, 2.24) is 5.32 Å². The summed E-state index contributed by atoms with van der Waals surface area (Å²) in [6.45, 7) is 4.12. The second-order valence-corrected chi connectivity index (χ2v) is 5.48. The Bertz CT molecular complexity index is 572. The van der Waals surface area contributed by atoms with E-state index in [0.717, 1.165) is 48.8 Å². The maximum absolute atomic E-state index is 12.5. The molecule has 112 valence electrons. The van der Waals surface area contributed by atoms with Crippen molar-refractivity contribution in [2.24, 2.45) is 0 Å². The summed E-state index contributed by atoms with van der Waals surface area (Å²) >= 11 is 0. The second-order valence-electron chi connectivity index (χ2n) is 5.48. The Hall–Kier alpha value is -1.90. The molecule has 2 rings (SSSR count). The monoisotopic (exact) mass is 285 g/mol. The lowest BCUT2D eigenvalue weighted by Crippen LogP contribution is -2.26. The number of hydrogen-bond acceptors (Lipinski definition) is 2. The molecule has 0 bridgehead atoms. The molecule has 1 aliphatic carbocycles. The van der Waals surface area contributed by atoms with Crippen LogP contribution in [0.15, 0.2) is 30.0 Å². The number of unbranched alkanes of at least 4 members (excludes halogenated alkanes) is 2. The maximum atomic E-state index is 12.5. The zero-order valence-electron chi connectivity index (χ0n) is 12.9. The van der Waals surface area contributed by atoms with Crippen molar-refractivity contribution in [3.05, 3.63) is 41.1 Å². The average Bonchev–Trinajstić information content (AvgIpc) is 2.74. The number of amides is 1. The third-order valence-electron chi connectivity index (χ3n) is 3.80. The molecular weight excluding hydrogens is 262 g/mol. The molecule has 0 radical (unpaired) electrons. The van der Waals surface area contributed by atoms with E-state index in [0.29, 0.717) is 12.1 Å². The predicted molar refractivity (Wildman–Crippen MR) is 84.9 cm³/mol. The fourth-order valence-electron chi connectivity index (χ4n) is 2.72. The van der Waals surface area contributed by atoms with Crippen LogP contribution in [0.4, 0.5) is 0 Å². The molecule has 1 aromatic rings. The molecule has 0 aliphatic heterocycles. The molecular formula is C18H23NO2. The molecule has 0 aromatic heterocycles. The SMILES string of the molecule is CCCCCC1=C(NC(=O)CCC)C(=O)c2ccccc21. The number of rotatable bonds is 7. The van der Waals surface area contributed by atoms with E-state index < -0.39 is 0 Å². The Kier molecular flexibility index (Phi) is 5.32. The van der Waals surface area contributed by atoms with Gasteiger partial charge in [-0.25, -0.2) is 0 Å². The van der Waals surface area contributed by atoms with E-state index in [1.165, 1.54) is 0 Å². The van der Waals surface area contributed by atoms with Crippen LogP contribution in [0.5, 0.6) is 0 Å². The third kappa shape index (κ3) is 3.41. The summed E-state index contributed by atoms with van der Waals surface area (Å²) < 4.78 is 0. The molecule has 1 amide bonds. The first kappa shape index (κ1) is 15.5. The van der Waals surface area contributed by atoms with Crippen molar-refractivity contribution >= 4 is 17.3 Å². The molecule has 1 aromatic carbocycles. The van der Waals surface area contributed by atoms with Gasteiger partial charge in [0.05, 0.1) is 5.70 Å². The van der Waals surface area contributed by atoms with Crippen LogP contribution in [0.2, 0.25) is 0 Å². The molecule has 0 heterocycles. The standard InChI is InChI=1S/C18H23NO2/c1-3-5-6-11-14-13-10-7-8-12-15(13)18(21)17(14)19-16(20)9-4-2/h7-8,10,12H,3-6,9,11H2,1-2H3,(H,19,20,21). The highest BCUT2D eigenvalue weighted by atomic mass is 16.2. The van der Waals surface area contributed by atoms with Gasteiger partial charge in [0.15, 0.2) is 0 Å². The van der Waals surface area contributed by atoms with Crippen molar-refractivity contribution in [1.29, 1.82) is 0 Å². The van der Waals surface area contributed by atoms with Gasteiger partial charge in [-0.15, -0.1) is 0 Å². The number of Topliss-reactive ketones (excluding diaryl/α,β-unsaturated/α-hetero) is 1. The molecule has 3 nitrogen and oxygen atoms in total. The van der Waals surface area contributed by atoms with Gasteiger partial charge in [0, 0.05) is 12.0 Å². The quantitative estimate of drug-likeness (QED) is 0.767. The Morgan fingerprint density at radius 3 is 2.43 bits per heavy atom. The van der Waals surface area contributed by atoms with E-state index >= 15 is 0 Å². The lowest BCUT2D eigenvalue weighted by Gasteiger charge is -2.09. The van der Waals surface area contributed by atoms with Gasteiger partial charge in [-0.1, -0.05) is 51.0 Å². The van der Waals surface area contributed by atoms with Crippen molar-refractivity contribution in [2.75, 3.05) is 0 Å². The number of fused-ring (bicyclic) bond motifs is 1. The zero-order chi connectivity index (χ0) is 15.2. The second kappa shape index (κ2) is 7.21. The summed E-state index contributed by atoms with van der Waals surface area (Å²) in [7, 11) is 0. The van der Waals surface area contributed by atoms with Gasteiger partial charge in [-0.05, 0) is 30.4 Å². The van der Waals surface area contributed by atoms with Crippen LogP contribution < -0.4 is 5.32 Å². The summed E-state index contributed by atoms with van der Waals surface area (Å²) in [6.07, 6.45) is 5.40. The number of ketones is 1. The first-order valence-electron chi connectivity index (χ1n) is 7.86. The molecule has 0 fully saturated rings. The van der Waals surface area contributed by atoms with Crippen LogP contribution in [-0.4, -0.2) is 11.7 Å². The Balaban J connectivity index is 2.28. The minimum absolute atomic E-state index is 0.0402. The van der Waals surface area contributed by atoms with Gasteiger partial charge in [0.1, 0.15) is 0 Å². The first-order valence-corrected chi connectivity index (χ1v) is 7.86. The molecule has 0 saturated heterocycles. The topological polar surface area (TPSA) is 46.2 Å². The van der Waals surface area contributed by atoms with E-state index in [1.807, 2.05) is 31.2 Å². The highest BCUT2D eigenvalue weighted by molar-refractivity contribution is 6.21. The van der Waals surface area contributed by atoms with Crippen LogP contribution in [0.25, 0.3) is 5.57 Å². The predicted octanol–water partition coefficient (Wildman–Crippen LogP) is 4.09. The molecule has 21 heavy (non-hydrogen) atoms. The van der Waals surface area contributed by atoms with Crippen molar-refractivity contribution in [3.63, 3.8) is 0 Å². The minimum Gasteiger partial charge on any atom is -0.323 e. The molecule has 3 heteroatoms. The van der Waals surface area contributed by atoms with Crippen LogP contribution in [-0.2, 0) is 4.79 Å². The lowest BCUT2D eigenvalue weighted by molar-refractivity contribution is -0.120. The third-order valence-corrected chi connectivity index (χ3v) is 3.80. The number of carbonyl (C=O) groups excluding carboxylic acids is 2. The van der Waals surface area contributed by atoms with E-state index in [1.54, 1.807) is 0 Å². The smallest absolute Gasteiger partial charge is 0.224 e. The molecule has 0 spiro atoms. The molecule has 0 saturated carbocycles. The maximum Gasteiger partial charge on any atom is 0.224 e.